The number of hydrogen-bond acceptors (Lipinski definition) is 2. The Hall–Kier alpha value is -1.81. The fourth-order valence-corrected chi connectivity index (χ4v) is 4.57. The van der Waals surface area contributed by atoms with Gasteiger partial charge in [0.15, 0.2) is 0 Å². The molecule has 1 heterocycles. The fraction of sp³-hybridized carbons (Fsp3) is 0.391. The molecule has 3 aromatic rings. The number of aliphatic hydroxyl groups is 1. The number of aromatic nitrogens is 1. The molecule has 0 spiro atoms. The molecule has 0 bridgehead atoms. The van der Waals surface area contributed by atoms with Gasteiger partial charge >= 0.3 is 0 Å². The predicted molar refractivity (Wildman–Crippen MR) is 112 cm³/mol. The summed E-state index contributed by atoms with van der Waals surface area (Å²) in [6, 6.07) is 16.7. The molecule has 0 saturated carbocycles. The van der Waals surface area contributed by atoms with Crippen LogP contribution in [0.25, 0.3) is 10.9 Å². The lowest BCUT2D eigenvalue weighted by Crippen LogP contribution is -2.32. The molecule has 0 saturated heterocycles. The first kappa shape index (κ1) is 18.5. The van der Waals surface area contributed by atoms with E-state index in [9.17, 15) is 5.11 Å². The first-order chi connectivity index (χ1) is 13.1. The number of benzene rings is 2. The van der Waals surface area contributed by atoms with Gasteiger partial charge in [-0.05, 0) is 49.8 Å². The van der Waals surface area contributed by atoms with E-state index in [0.29, 0.717) is 13.1 Å². The Morgan fingerprint density at radius 1 is 1.07 bits per heavy atom. The van der Waals surface area contributed by atoms with E-state index in [0.717, 1.165) is 23.4 Å². The van der Waals surface area contributed by atoms with Crippen LogP contribution in [0.15, 0.2) is 48.5 Å². The maximum absolute atomic E-state index is 10.7. The number of nitrogens with one attached hydrogen (secondary N) is 1. The van der Waals surface area contributed by atoms with E-state index in [4.69, 9.17) is 11.6 Å². The van der Waals surface area contributed by atoms with Crippen molar-refractivity contribution in [3.05, 3.63) is 70.4 Å². The molecule has 2 unspecified atom stereocenters. The third kappa shape index (κ3) is 3.77. The summed E-state index contributed by atoms with van der Waals surface area (Å²) in [4.78, 5) is 0. The predicted octanol–water partition coefficient (Wildman–Crippen LogP) is 4.89. The van der Waals surface area contributed by atoms with E-state index in [2.05, 4.69) is 35.0 Å². The molecular formula is C23H27ClN2O. The number of aliphatic hydroxyl groups excluding tert-OH is 1. The summed E-state index contributed by atoms with van der Waals surface area (Å²) in [7, 11) is 0. The van der Waals surface area contributed by atoms with Crippen LogP contribution in [-0.2, 0) is 19.4 Å². The molecule has 0 amide bonds. The molecule has 27 heavy (non-hydrogen) atoms. The minimum Gasteiger partial charge on any atom is -0.390 e. The van der Waals surface area contributed by atoms with Gasteiger partial charge in [-0.15, -0.1) is 0 Å². The fourth-order valence-electron chi connectivity index (χ4n) is 4.29. The van der Waals surface area contributed by atoms with Crippen molar-refractivity contribution in [1.82, 2.24) is 9.88 Å². The largest absolute Gasteiger partial charge is 0.390 e. The van der Waals surface area contributed by atoms with Crippen molar-refractivity contribution in [2.24, 2.45) is 0 Å². The second-order valence-electron chi connectivity index (χ2n) is 7.57. The zero-order valence-corrected chi connectivity index (χ0v) is 16.5. The first-order valence-electron chi connectivity index (χ1n) is 9.90. The number of fused-ring (bicyclic) bond motifs is 3. The average molecular weight is 383 g/mol. The molecular weight excluding hydrogens is 356 g/mol. The highest BCUT2D eigenvalue weighted by molar-refractivity contribution is 6.35. The lowest BCUT2D eigenvalue weighted by atomic mass is 9.95. The van der Waals surface area contributed by atoms with Crippen LogP contribution < -0.4 is 5.32 Å². The van der Waals surface area contributed by atoms with Crippen LogP contribution in [0.4, 0.5) is 0 Å². The summed E-state index contributed by atoms with van der Waals surface area (Å²) in [6.45, 7) is 3.25. The number of aryl methyl sites for hydroxylation is 1. The molecule has 4 heteroatoms. The van der Waals surface area contributed by atoms with Crippen LogP contribution in [0.1, 0.15) is 42.6 Å². The zero-order valence-electron chi connectivity index (χ0n) is 15.8. The molecule has 1 aliphatic carbocycles. The second-order valence-corrected chi connectivity index (χ2v) is 7.98. The molecule has 1 aromatic heterocycles. The van der Waals surface area contributed by atoms with Crippen molar-refractivity contribution in [1.29, 1.82) is 0 Å². The number of nitrogens with zero attached hydrogens (tertiary/aromatic N) is 1. The number of hydrogen-bond donors (Lipinski definition) is 2. The number of para-hydroxylation sites is 1. The smallest absolute Gasteiger partial charge is 0.0843 e. The Morgan fingerprint density at radius 3 is 2.67 bits per heavy atom. The molecule has 1 aliphatic rings. The highest BCUT2D eigenvalue weighted by atomic mass is 35.5. The van der Waals surface area contributed by atoms with Crippen molar-refractivity contribution in [2.45, 2.75) is 51.3 Å². The van der Waals surface area contributed by atoms with Gasteiger partial charge in [0, 0.05) is 23.7 Å². The number of halogens is 1. The lowest BCUT2D eigenvalue weighted by molar-refractivity contribution is 0.148. The van der Waals surface area contributed by atoms with Gasteiger partial charge < -0.3 is 15.0 Å². The van der Waals surface area contributed by atoms with Crippen LogP contribution in [-0.4, -0.2) is 22.3 Å². The molecule has 0 fully saturated rings. The van der Waals surface area contributed by atoms with E-state index in [-0.39, 0.29) is 6.04 Å². The maximum atomic E-state index is 10.7. The summed E-state index contributed by atoms with van der Waals surface area (Å²) >= 11 is 6.55. The SMILES string of the molecule is CC(NCC(O)Cn1c2c(c3cccc(Cl)c31)CCCC2)c1ccccc1. The van der Waals surface area contributed by atoms with Crippen molar-refractivity contribution in [2.75, 3.05) is 6.54 Å². The monoisotopic (exact) mass is 382 g/mol. The molecule has 2 atom stereocenters. The molecule has 4 rings (SSSR count). The Morgan fingerprint density at radius 2 is 1.85 bits per heavy atom. The molecule has 0 aliphatic heterocycles. The van der Waals surface area contributed by atoms with Crippen molar-refractivity contribution >= 4 is 22.5 Å². The van der Waals surface area contributed by atoms with Gasteiger partial charge in [-0.25, -0.2) is 0 Å². The quantitative estimate of drug-likeness (QED) is 0.637. The van der Waals surface area contributed by atoms with Gasteiger partial charge in [0.1, 0.15) is 0 Å². The van der Waals surface area contributed by atoms with Crippen LogP contribution in [0.2, 0.25) is 5.02 Å². The van der Waals surface area contributed by atoms with Crippen molar-refractivity contribution in [3.63, 3.8) is 0 Å². The van der Waals surface area contributed by atoms with Crippen molar-refractivity contribution in [3.8, 4) is 0 Å². The Balaban J connectivity index is 1.53. The highest BCUT2D eigenvalue weighted by Gasteiger charge is 2.22. The first-order valence-corrected chi connectivity index (χ1v) is 10.3. The number of rotatable bonds is 6. The van der Waals surface area contributed by atoms with Crippen LogP contribution in [0, 0.1) is 0 Å². The topological polar surface area (TPSA) is 37.2 Å². The van der Waals surface area contributed by atoms with Gasteiger partial charge in [-0.2, -0.15) is 0 Å². The molecule has 2 N–H and O–H groups in total. The summed E-state index contributed by atoms with van der Waals surface area (Å²) in [6.07, 6.45) is 4.16. The minimum atomic E-state index is -0.464. The molecule has 0 radical (unpaired) electrons. The summed E-state index contributed by atoms with van der Waals surface area (Å²) in [5, 5.41) is 16.2. The minimum absolute atomic E-state index is 0.208. The molecule has 2 aromatic carbocycles. The Bertz CT molecular complexity index is 919. The molecule has 142 valence electrons. The normalized spacial score (nSPS) is 16.3. The Kier molecular flexibility index (Phi) is 5.53. The highest BCUT2D eigenvalue weighted by Crippen LogP contribution is 2.35. The summed E-state index contributed by atoms with van der Waals surface area (Å²) < 4.78 is 2.27. The van der Waals surface area contributed by atoms with Gasteiger partial charge in [-0.3, -0.25) is 0 Å². The van der Waals surface area contributed by atoms with Gasteiger partial charge in [0.05, 0.1) is 23.2 Å². The standard InChI is InChI=1S/C23H27ClN2O/c1-16(17-8-3-2-4-9-17)25-14-18(27)15-26-22-13-6-5-10-19(22)20-11-7-12-21(24)23(20)26/h2-4,7-9,11-12,16,18,25,27H,5-6,10,13-15H2,1H3. The van der Waals surface area contributed by atoms with Crippen LogP contribution in [0.5, 0.6) is 0 Å². The van der Waals surface area contributed by atoms with Gasteiger partial charge in [0.25, 0.3) is 0 Å². The summed E-state index contributed by atoms with van der Waals surface area (Å²) in [5.41, 5.74) is 5.11. The van der Waals surface area contributed by atoms with E-state index >= 15 is 0 Å². The van der Waals surface area contributed by atoms with Gasteiger partial charge in [0.2, 0.25) is 0 Å². The van der Waals surface area contributed by atoms with Crippen molar-refractivity contribution < 1.29 is 5.11 Å². The maximum Gasteiger partial charge on any atom is 0.0843 e. The van der Waals surface area contributed by atoms with E-state index in [1.165, 1.54) is 35.0 Å². The van der Waals surface area contributed by atoms with Crippen LogP contribution >= 0.6 is 11.6 Å². The van der Waals surface area contributed by atoms with Crippen LogP contribution in [0.3, 0.4) is 0 Å². The van der Waals surface area contributed by atoms with E-state index < -0.39 is 6.10 Å². The second kappa shape index (κ2) is 8.05. The third-order valence-electron chi connectivity index (χ3n) is 5.70. The zero-order chi connectivity index (χ0) is 18.8. The lowest BCUT2D eigenvalue weighted by Gasteiger charge is -2.21. The van der Waals surface area contributed by atoms with E-state index in [1.54, 1.807) is 0 Å². The average Bonchev–Trinajstić information content (AvgIpc) is 3.02. The third-order valence-corrected chi connectivity index (χ3v) is 6.00. The van der Waals surface area contributed by atoms with E-state index in [1.807, 2.05) is 30.3 Å². The summed E-state index contributed by atoms with van der Waals surface area (Å²) in [5.74, 6) is 0. The Labute approximate surface area is 166 Å². The molecule has 3 nitrogen and oxygen atoms in total. The van der Waals surface area contributed by atoms with Gasteiger partial charge in [-0.1, -0.05) is 54.1 Å².